The van der Waals surface area contributed by atoms with Crippen molar-refractivity contribution in [2.45, 2.75) is 45.5 Å². The van der Waals surface area contributed by atoms with Gasteiger partial charge in [-0.15, -0.1) is 0 Å². The van der Waals surface area contributed by atoms with Crippen molar-refractivity contribution in [3.8, 4) is 5.75 Å². The highest BCUT2D eigenvalue weighted by atomic mass is 35.5. The van der Waals surface area contributed by atoms with E-state index in [1.54, 1.807) is 0 Å². The van der Waals surface area contributed by atoms with Crippen LogP contribution in [0.15, 0.2) is 48.5 Å². The zero-order valence-electron chi connectivity index (χ0n) is 14.5. The van der Waals surface area contributed by atoms with Crippen molar-refractivity contribution in [1.82, 2.24) is 0 Å². The van der Waals surface area contributed by atoms with Gasteiger partial charge in [-0.2, -0.15) is 0 Å². The van der Waals surface area contributed by atoms with E-state index in [1.165, 1.54) is 0 Å². The predicted octanol–water partition coefficient (Wildman–Crippen LogP) is 4.22. The summed E-state index contributed by atoms with van der Waals surface area (Å²) in [5, 5.41) is 0.617. The number of hydrogen-bond donors (Lipinski definition) is 0. The fraction of sp³-hybridized carbons (Fsp3) is 0.368. The Labute approximate surface area is 149 Å². The molecule has 0 atom stereocenters. The minimum Gasteiger partial charge on any atom is -0.487 e. The smallest absolute Gasteiger partial charge is 0.487 e. The SMILES string of the molecule is CC1(C)OB(c2ccc(COc3ccccc3Cl)cc2)OC1(C)C. The molecular formula is C19H22BClO3. The number of halogens is 1. The summed E-state index contributed by atoms with van der Waals surface area (Å²) in [4.78, 5) is 0. The summed E-state index contributed by atoms with van der Waals surface area (Å²) in [7, 11) is -0.339. The van der Waals surface area contributed by atoms with Gasteiger partial charge in [-0.25, -0.2) is 0 Å². The van der Waals surface area contributed by atoms with Crippen molar-refractivity contribution in [2.24, 2.45) is 0 Å². The largest absolute Gasteiger partial charge is 0.494 e. The van der Waals surface area contributed by atoms with Gasteiger partial charge in [-0.1, -0.05) is 48.0 Å². The third-order valence-electron chi connectivity index (χ3n) is 4.74. The summed E-state index contributed by atoms with van der Waals surface area (Å²) < 4.78 is 17.9. The highest BCUT2D eigenvalue weighted by Gasteiger charge is 2.51. The first kappa shape index (κ1) is 17.3. The Morgan fingerprint density at radius 3 is 2.08 bits per heavy atom. The zero-order chi connectivity index (χ0) is 17.4. The van der Waals surface area contributed by atoms with E-state index < -0.39 is 0 Å². The van der Waals surface area contributed by atoms with Gasteiger partial charge in [0.05, 0.1) is 16.2 Å². The molecule has 0 unspecified atom stereocenters. The molecule has 0 bridgehead atoms. The number of ether oxygens (including phenoxy) is 1. The van der Waals surface area contributed by atoms with Crippen molar-refractivity contribution >= 4 is 24.2 Å². The van der Waals surface area contributed by atoms with Gasteiger partial charge >= 0.3 is 7.12 Å². The third kappa shape index (κ3) is 3.46. The van der Waals surface area contributed by atoms with Gasteiger partial charge < -0.3 is 14.0 Å². The molecule has 0 aliphatic carbocycles. The molecule has 1 saturated heterocycles. The molecule has 5 heteroatoms. The lowest BCUT2D eigenvalue weighted by Crippen LogP contribution is -2.41. The molecule has 0 amide bonds. The summed E-state index contributed by atoms with van der Waals surface area (Å²) in [6.45, 7) is 8.68. The first-order chi connectivity index (χ1) is 11.3. The average Bonchev–Trinajstić information content (AvgIpc) is 2.75. The molecule has 2 aromatic carbocycles. The second kappa shape index (κ2) is 6.43. The minimum atomic E-state index is -0.339. The van der Waals surface area contributed by atoms with Crippen LogP contribution in [0, 0.1) is 0 Å². The van der Waals surface area contributed by atoms with E-state index in [-0.39, 0.29) is 18.3 Å². The van der Waals surface area contributed by atoms with E-state index in [1.807, 2.05) is 48.5 Å². The molecule has 126 valence electrons. The first-order valence-corrected chi connectivity index (χ1v) is 8.48. The van der Waals surface area contributed by atoms with E-state index in [2.05, 4.69) is 27.7 Å². The summed E-state index contributed by atoms with van der Waals surface area (Å²) >= 11 is 6.10. The maximum absolute atomic E-state index is 6.10. The number of rotatable bonds is 4. The van der Waals surface area contributed by atoms with Crippen LogP contribution >= 0.6 is 11.6 Å². The van der Waals surface area contributed by atoms with Gasteiger partial charge in [-0.3, -0.25) is 0 Å². The van der Waals surface area contributed by atoms with Gasteiger partial charge in [0.25, 0.3) is 0 Å². The van der Waals surface area contributed by atoms with Crippen molar-refractivity contribution < 1.29 is 14.0 Å². The van der Waals surface area contributed by atoms with Crippen molar-refractivity contribution in [3.63, 3.8) is 0 Å². The quantitative estimate of drug-likeness (QED) is 0.777. The topological polar surface area (TPSA) is 27.7 Å². The zero-order valence-corrected chi connectivity index (χ0v) is 15.3. The molecule has 3 rings (SSSR count). The Morgan fingerprint density at radius 1 is 0.917 bits per heavy atom. The number of para-hydroxylation sites is 1. The second-order valence-corrected chi connectivity index (χ2v) is 7.46. The molecule has 0 N–H and O–H groups in total. The van der Waals surface area contributed by atoms with Crippen LogP contribution in [0.1, 0.15) is 33.3 Å². The number of hydrogen-bond acceptors (Lipinski definition) is 3. The van der Waals surface area contributed by atoms with E-state index in [9.17, 15) is 0 Å². The second-order valence-electron chi connectivity index (χ2n) is 7.05. The van der Waals surface area contributed by atoms with Crippen LogP contribution in [0.4, 0.5) is 0 Å². The highest BCUT2D eigenvalue weighted by Crippen LogP contribution is 2.36. The van der Waals surface area contributed by atoms with Gasteiger partial charge in [0.1, 0.15) is 12.4 Å². The minimum absolute atomic E-state index is 0.330. The molecular weight excluding hydrogens is 322 g/mol. The summed E-state index contributed by atoms with van der Waals surface area (Å²) in [5.41, 5.74) is 1.41. The Kier molecular flexibility index (Phi) is 4.65. The third-order valence-corrected chi connectivity index (χ3v) is 5.05. The van der Waals surface area contributed by atoms with Crippen molar-refractivity contribution in [2.75, 3.05) is 0 Å². The fourth-order valence-electron chi connectivity index (χ4n) is 2.47. The standard InChI is InChI=1S/C19H22BClO3/c1-18(2)19(3,4)24-20(23-18)15-11-9-14(10-12-15)13-22-17-8-6-5-7-16(17)21/h5-12H,13H2,1-4H3. The lowest BCUT2D eigenvalue weighted by molar-refractivity contribution is 0.00578. The maximum Gasteiger partial charge on any atom is 0.494 e. The molecule has 1 aliphatic rings. The Balaban J connectivity index is 1.65. The van der Waals surface area contributed by atoms with Crippen molar-refractivity contribution in [1.29, 1.82) is 0 Å². The monoisotopic (exact) mass is 344 g/mol. The van der Waals surface area contributed by atoms with E-state index in [0.717, 1.165) is 11.0 Å². The highest BCUT2D eigenvalue weighted by molar-refractivity contribution is 6.62. The summed E-state index contributed by atoms with van der Waals surface area (Å²) in [5.74, 6) is 0.689. The molecule has 0 saturated carbocycles. The molecule has 0 spiro atoms. The van der Waals surface area contributed by atoms with E-state index in [0.29, 0.717) is 17.4 Å². The van der Waals surface area contributed by atoms with Gasteiger partial charge in [0.15, 0.2) is 0 Å². The van der Waals surface area contributed by atoms with Gasteiger partial charge in [0, 0.05) is 0 Å². The Morgan fingerprint density at radius 2 is 1.50 bits per heavy atom. The van der Waals surface area contributed by atoms with Crippen LogP contribution in [0.5, 0.6) is 5.75 Å². The van der Waals surface area contributed by atoms with Crippen LogP contribution in [0.3, 0.4) is 0 Å². The van der Waals surface area contributed by atoms with Crippen molar-refractivity contribution in [3.05, 3.63) is 59.1 Å². The Bertz CT molecular complexity index is 697. The van der Waals surface area contributed by atoms with Gasteiger partial charge in [0.2, 0.25) is 0 Å². The van der Waals surface area contributed by atoms with Crippen LogP contribution in [-0.4, -0.2) is 18.3 Å². The molecule has 24 heavy (non-hydrogen) atoms. The molecule has 0 aromatic heterocycles. The average molecular weight is 345 g/mol. The lowest BCUT2D eigenvalue weighted by atomic mass is 9.79. The molecule has 3 nitrogen and oxygen atoms in total. The molecule has 2 aromatic rings. The predicted molar refractivity (Wildman–Crippen MR) is 97.9 cm³/mol. The van der Waals surface area contributed by atoms with E-state index in [4.69, 9.17) is 25.6 Å². The molecule has 1 fully saturated rings. The van der Waals surface area contributed by atoms with E-state index >= 15 is 0 Å². The first-order valence-electron chi connectivity index (χ1n) is 8.10. The fourth-order valence-corrected chi connectivity index (χ4v) is 2.66. The molecule has 1 heterocycles. The summed E-state index contributed by atoms with van der Waals surface area (Å²) in [6, 6.07) is 15.6. The van der Waals surface area contributed by atoms with Crippen LogP contribution in [-0.2, 0) is 15.9 Å². The van der Waals surface area contributed by atoms with Gasteiger partial charge in [-0.05, 0) is 50.9 Å². The number of benzene rings is 2. The van der Waals surface area contributed by atoms with Crippen LogP contribution < -0.4 is 10.2 Å². The Hall–Kier alpha value is -1.49. The summed E-state index contributed by atoms with van der Waals surface area (Å²) in [6.07, 6.45) is 0. The molecule has 1 aliphatic heterocycles. The van der Waals surface area contributed by atoms with Crippen LogP contribution in [0.25, 0.3) is 0 Å². The normalized spacial score (nSPS) is 18.6. The van der Waals surface area contributed by atoms with Crippen LogP contribution in [0.2, 0.25) is 5.02 Å². The maximum atomic E-state index is 6.10. The molecule has 0 radical (unpaired) electrons. The lowest BCUT2D eigenvalue weighted by Gasteiger charge is -2.32.